The summed E-state index contributed by atoms with van der Waals surface area (Å²) in [5, 5.41) is 15.2. The first-order chi connectivity index (χ1) is 23.0. The number of carbonyl (C=O) groups excluding carboxylic acids is 4. The summed E-state index contributed by atoms with van der Waals surface area (Å²) < 4.78 is 11.1. The molecule has 3 atom stereocenters. The number of phenols is 1. The highest BCUT2D eigenvalue weighted by molar-refractivity contribution is 5.95. The van der Waals surface area contributed by atoms with Crippen molar-refractivity contribution >= 4 is 30.0 Å². The van der Waals surface area contributed by atoms with Crippen LogP contribution in [0.15, 0.2) is 85.4 Å². The molecule has 0 aliphatic heterocycles. The molecule has 0 aliphatic rings. The first-order valence-corrected chi connectivity index (χ1v) is 15.9. The maximum atomic E-state index is 14.4. The molecule has 49 heavy (non-hydrogen) atoms. The van der Waals surface area contributed by atoms with Crippen molar-refractivity contribution in [3.63, 3.8) is 0 Å². The Bertz CT molecular complexity index is 1670. The van der Waals surface area contributed by atoms with Gasteiger partial charge in [0.15, 0.2) is 0 Å². The Morgan fingerprint density at radius 2 is 1.43 bits per heavy atom. The fourth-order valence-electron chi connectivity index (χ4n) is 4.89. The smallest absolute Gasteiger partial charge is 0.408 e. The maximum Gasteiger partial charge on any atom is 0.408 e. The van der Waals surface area contributed by atoms with E-state index in [0.717, 1.165) is 10.5 Å². The van der Waals surface area contributed by atoms with Gasteiger partial charge in [0.05, 0.1) is 0 Å². The van der Waals surface area contributed by atoms with Gasteiger partial charge >= 0.3 is 12.1 Å². The second kappa shape index (κ2) is 16.5. The van der Waals surface area contributed by atoms with E-state index in [1.165, 1.54) is 12.1 Å². The lowest BCUT2D eigenvalue weighted by Crippen LogP contribution is -2.54. The van der Waals surface area contributed by atoms with E-state index in [1.54, 1.807) is 84.0 Å². The number of nitrogens with one attached hydrogen (secondary N) is 2. The van der Waals surface area contributed by atoms with Crippen molar-refractivity contribution in [1.82, 2.24) is 15.5 Å². The first kappa shape index (κ1) is 37.9. The Hall–Kier alpha value is -5.56. The van der Waals surface area contributed by atoms with Gasteiger partial charge < -0.3 is 25.2 Å². The molecule has 3 aromatic carbocycles. The number of alkyl carbamates (subject to hydrolysis) is 1. The zero-order valence-electron chi connectivity index (χ0n) is 28.9. The van der Waals surface area contributed by atoms with E-state index in [4.69, 9.17) is 15.9 Å². The van der Waals surface area contributed by atoms with Crippen molar-refractivity contribution < 1.29 is 33.8 Å². The molecule has 0 saturated heterocycles. The van der Waals surface area contributed by atoms with Crippen LogP contribution in [0.2, 0.25) is 0 Å². The van der Waals surface area contributed by atoms with Crippen LogP contribution in [0.4, 0.5) is 4.79 Å². The Morgan fingerprint density at radius 3 is 2.00 bits per heavy atom. The number of rotatable bonds is 12. The number of ether oxygens (including phenoxy) is 2. The SMILES string of the molecule is C#CN(C(=O)C(Cc1ccc(O)cc1)NC(=O)OC(C)(C)C)C(C(=O)NC(Cc1ccccc1)C(=O)OC(C)(C)C)c1cccc(C=C)c1. The van der Waals surface area contributed by atoms with E-state index in [0.29, 0.717) is 16.7 Å². The van der Waals surface area contributed by atoms with Crippen molar-refractivity contribution in [1.29, 1.82) is 0 Å². The van der Waals surface area contributed by atoms with E-state index >= 15 is 0 Å². The molecule has 0 fully saturated rings. The molecule has 10 heteroatoms. The highest BCUT2D eigenvalue weighted by Gasteiger charge is 2.38. The topological polar surface area (TPSA) is 134 Å². The van der Waals surface area contributed by atoms with Gasteiger partial charge in [-0.2, -0.15) is 0 Å². The van der Waals surface area contributed by atoms with Gasteiger partial charge in [-0.05, 0) is 82.0 Å². The van der Waals surface area contributed by atoms with E-state index in [9.17, 15) is 24.3 Å². The van der Waals surface area contributed by atoms with Gasteiger partial charge in [-0.25, -0.2) is 9.59 Å². The molecular weight excluding hydrogens is 622 g/mol. The fourth-order valence-corrected chi connectivity index (χ4v) is 4.89. The summed E-state index contributed by atoms with van der Waals surface area (Å²) in [6.07, 6.45) is 6.75. The van der Waals surface area contributed by atoms with Crippen LogP contribution in [0.25, 0.3) is 6.08 Å². The fraction of sp³-hybridized carbons (Fsp3) is 0.333. The summed E-state index contributed by atoms with van der Waals surface area (Å²) in [6, 6.07) is 20.4. The molecule has 0 spiro atoms. The van der Waals surface area contributed by atoms with Crippen LogP contribution in [0, 0.1) is 12.5 Å². The lowest BCUT2D eigenvalue weighted by atomic mass is 9.98. The summed E-state index contributed by atoms with van der Waals surface area (Å²) in [7, 11) is 0. The normalized spacial score (nSPS) is 13.1. The van der Waals surface area contributed by atoms with Gasteiger partial charge in [-0.3, -0.25) is 14.5 Å². The summed E-state index contributed by atoms with van der Waals surface area (Å²) in [5.74, 6) is -2.19. The zero-order valence-corrected chi connectivity index (χ0v) is 28.9. The molecule has 258 valence electrons. The second-order valence-corrected chi connectivity index (χ2v) is 13.5. The second-order valence-electron chi connectivity index (χ2n) is 13.5. The lowest BCUT2D eigenvalue weighted by Gasteiger charge is -2.32. The third-order valence-electron chi connectivity index (χ3n) is 7.00. The zero-order chi connectivity index (χ0) is 36.4. The van der Waals surface area contributed by atoms with Crippen molar-refractivity contribution in [2.45, 2.75) is 83.7 Å². The van der Waals surface area contributed by atoms with Gasteiger partial charge in [0.25, 0.3) is 5.91 Å². The molecule has 0 aliphatic carbocycles. The molecule has 3 aromatic rings. The van der Waals surface area contributed by atoms with E-state index < -0.39 is 53.2 Å². The number of carbonyl (C=O) groups is 4. The first-order valence-electron chi connectivity index (χ1n) is 15.9. The number of aromatic hydroxyl groups is 1. The highest BCUT2D eigenvalue weighted by Crippen LogP contribution is 2.25. The number of terminal acetylenes is 1. The minimum absolute atomic E-state index is 0.0193. The van der Waals surface area contributed by atoms with Crippen molar-refractivity contribution in [3.8, 4) is 18.2 Å². The van der Waals surface area contributed by atoms with Crippen LogP contribution in [0.1, 0.15) is 69.8 Å². The van der Waals surface area contributed by atoms with Gasteiger partial charge in [-0.1, -0.05) is 79.7 Å². The van der Waals surface area contributed by atoms with E-state index in [1.807, 2.05) is 30.3 Å². The average molecular weight is 668 g/mol. The van der Waals surface area contributed by atoms with Gasteiger partial charge in [0, 0.05) is 18.9 Å². The van der Waals surface area contributed by atoms with Gasteiger partial charge in [-0.15, -0.1) is 0 Å². The van der Waals surface area contributed by atoms with E-state index in [2.05, 4.69) is 23.3 Å². The minimum Gasteiger partial charge on any atom is -0.508 e. The Morgan fingerprint density at radius 1 is 0.837 bits per heavy atom. The third-order valence-corrected chi connectivity index (χ3v) is 7.00. The molecule has 0 radical (unpaired) electrons. The molecule has 3 amide bonds. The summed E-state index contributed by atoms with van der Waals surface area (Å²) >= 11 is 0. The Kier molecular flexibility index (Phi) is 12.8. The monoisotopic (exact) mass is 667 g/mol. The van der Waals surface area contributed by atoms with Crippen LogP contribution in [0.3, 0.4) is 0 Å². The molecule has 3 unspecified atom stereocenters. The molecule has 0 bridgehead atoms. The predicted octanol–water partition coefficient (Wildman–Crippen LogP) is 5.70. The van der Waals surface area contributed by atoms with Gasteiger partial charge in [0.2, 0.25) is 5.91 Å². The molecular formula is C39H45N3O7. The molecule has 0 aromatic heterocycles. The molecule has 3 N–H and O–H groups in total. The van der Waals surface area contributed by atoms with Crippen LogP contribution >= 0.6 is 0 Å². The highest BCUT2D eigenvalue weighted by atomic mass is 16.6. The number of hydrogen-bond acceptors (Lipinski definition) is 7. The summed E-state index contributed by atoms with van der Waals surface area (Å²) in [6.45, 7) is 14.0. The lowest BCUT2D eigenvalue weighted by molar-refractivity contribution is -0.159. The quantitative estimate of drug-likeness (QED) is 0.128. The number of phenolic OH excluding ortho intramolecular Hbond substituents is 1. The Balaban J connectivity index is 2.08. The van der Waals surface area contributed by atoms with Crippen LogP contribution in [-0.4, -0.2) is 57.2 Å². The number of esters is 1. The average Bonchev–Trinajstić information content (AvgIpc) is 3.02. The molecule has 0 saturated carbocycles. The predicted molar refractivity (Wildman–Crippen MR) is 188 cm³/mol. The van der Waals surface area contributed by atoms with E-state index in [-0.39, 0.29) is 18.6 Å². The van der Waals surface area contributed by atoms with Crippen LogP contribution in [-0.2, 0) is 36.7 Å². The standard InChI is InChI=1S/C39H45N3O7/c1-9-26-17-14-18-29(23-26)33(34(44)40-32(36(46)48-38(3,4)5)25-27-15-12-11-13-16-27)42(10-2)35(45)31(41-37(47)49-39(6,7)8)24-28-19-21-30(43)22-20-28/h2,9,11-23,31-33,43H,1,24-25H2,3-8H3,(H,40,44)(H,41,47). The summed E-state index contributed by atoms with van der Waals surface area (Å²) in [4.78, 5) is 56.1. The van der Waals surface area contributed by atoms with Crippen LogP contribution in [0.5, 0.6) is 5.75 Å². The van der Waals surface area contributed by atoms with Crippen LogP contribution < -0.4 is 10.6 Å². The maximum absolute atomic E-state index is 14.4. The number of amides is 3. The minimum atomic E-state index is -1.44. The molecule has 0 heterocycles. The number of hydrogen-bond donors (Lipinski definition) is 3. The number of nitrogens with zero attached hydrogens (tertiary/aromatic N) is 1. The van der Waals surface area contributed by atoms with Crippen molar-refractivity contribution in [2.24, 2.45) is 0 Å². The Labute approximate surface area is 288 Å². The van der Waals surface area contributed by atoms with Crippen molar-refractivity contribution in [3.05, 3.63) is 108 Å². The number of benzene rings is 3. The van der Waals surface area contributed by atoms with Crippen molar-refractivity contribution in [2.75, 3.05) is 0 Å². The third kappa shape index (κ3) is 11.9. The largest absolute Gasteiger partial charge is 0.508 e. The van der Waals surface area contributed by atoms with Gasteiger partial charge in [0.1, 0.15) is 35.1 Å². The molecule has 10 nitrogen and oxygen atoms in total. The summed E-state index contributed by atoms with van der Waals surface area (Å²) in [5.41, 5.74) is 0.635. The molecule has 3 rings (SSSR count).